The number of methoxy groups -OCH3 is 1. The summed E-state index contributed by atoms with van der Waals surface area (Å²) in [6, 6.07) is 12.3. The van der Waals surface area contributed by atoms with Gasteiger partial charge in [0.1, 0.15) is 0 Å². The van der Waals surface area contributed by atoms with Crippen molar-refractivity contribution in [1.82, 2.24) is 4.98 Å². The molecule has 24 heavy (non-hydrogen) atoms. The molecule has 0 saturated carbocycles. The van der Waals surface area contributed by atoms with Gasteiger partial charge in [0.2, 0.25) is 0 Å². The SMILES string of the molecule is COC(=O)C=CC(CCCCCl)c1cccc(-c2cccnc2)c1. The number of hydrogen-bond acceptors (Lipinski definition) is 3. The molecule has 0 amide bonds. The summed E-state index contributed by atoms with van der Waals surface area (Å²) in [6.45, 7) is 0. The van der Waals surface area contributed by atoms with E-state index in [-0.39, 0.29) is 11.9 Å². The first-order chi connectivity index (χ1) is 11.7. The first-order valence-corrected chi connectivity index (χ1v) is 8.60. The number of halogens is 1. The Kier molecular flexibility index (Phi) is 7.50. The van der Waals surface area contributed by atoms with Gasteiger partial charge in [0.15, 0.2) is 0 Å². The molecule has 3 nitrogen and oxygen atoms in total. The minimum Gasteiger partial charge on any atom is -0.466 e. The number of nitrogens with zero attached hydrogens (tertiary/aromatic N) is 1. The van der Waals surface area contributed by atoms with Crippen LogP contribution in [0.4, 0.5) is 0 Å². The second kappa shape index (κ2) is 9.89. The number of aromatic nitrogens is 1. The third kappa shape index (κ3) is 5.50. The van der Waals surface area contributed by atoms with Crippen LogP contribution in [0.15, 0.2) is 60.9 Å². The minimum absolute atomic E-state index is 0.156. The van der Waals surface area contributed by atoms with E-state index in [0.717, 1.165) is 30.4 Å². The van der Waals surface area contributed by atoms with Crippen LogP contribution >= 0.6 is 11.6 Å². The van der Waals surface area contributed by atoms with Crippen LogP contribution < -0.4 is 0 Å². The Bertz CT molecular complexity index is 670. The summed E-state index contributed by atoms with van der Waals surface area (Å²) in [5.74, 6) is 0.480. The molecule has 0 radical (unpaired) electrons. The van der Waals surface area contributed by atoms with E-state index in [0.29, 0.717) is 5.88 Å². The fourth-order valence-corrected chi connectivity index (χ4v) is 2.77. The summed E-state index contributed by atoms with van der Waals surface area (Å²) in [5, 5.41) is 0. The Morgan fingerprint density at radius 3 is 2.79 bits per heavy atom. The number of unbranched alkanes of at least 4 members (excludes halogenated alkanes) is 1. The van der Waals surface area contributed by atoms with Gasteiger partial charge in [-0.05, 0) is 35.6 Å². The van der Waals surface area contributed by atoms with Crippen molar-refractivity contribution in [3.8, 4) is 11.1 Å². The second-order valence-corrected chi connectivity index (χ2v) is 5.92. The number of alkyl halides is 1. The number of pyridine rings is 1. The summed E-state index contributed by atoms with van der Waals surface area (Å²) in [6.07, 6.45) is 9.96. The highest BCUT2D eigenvalue weighted by Gasteiger charge is 2.10. The minimum atomic E-state index is -0.333. The van der Waals surface area contributed by atoms with Crippen LogP contribution in [-0.4, -0.2) is 23.9 Å². The van der Waals surface area contributed by atoms with Gasteiger partial charge in [0.25, 0.3) is 0 Å². The topological polar surface area (TPSA) is 39.2 Å². The molecule has 1 heterocycles. The van der Waals surface area contributed by atoms with Crippen LogP contribution in [0.5, 0.6) is 0 Å². The average molecular weight is 344 g/mol. The first kappa shape index (κ1) is 18.2. The van der Waals surface area contributed by atoms with Crippen molar-refractivity contribution in [2.75, 3.05) is 13.0 Å². The Morgan fingerprint density at radius 2 is 2.08 bits per heavy atom. The second-order valence-electron chi connectivity index (χ2n) is 5.54. The molecular formula is C20H22ClNO2. The Morgan fingerprint density at radius 1 is 1.25 bits per heavy atom. The van der Waals surface area contributed by atoms with E-state index in [1.807, 2.05) is 30.5 Å². The molecule has 1 unspecified atom stereocenters. The molecule has 0 saturated heterocycles. The van der Waals surface area contributed by atoms with Crippen molar-refractivity contribution in [1.29, 1.82) is 0 Å². The van der Waals surface area contributed by atoms with Gasteiger partial charge in [-0.3, -0.25) is 4.98 Å². The number of esters is 1. The Hall–Kier alpha value is -2.13. The van der Waals surface area contributed by atoms with Crippen molar-refractivity contribution in [2.45, 2.75) is 25.2 Å². The summed E-state index contributed by atoms with van der Waals surface area (Å²) in [5.41, 5.74) is 3.37. The number of allylic oxidation sites excluding steroid dienone is 1. The molecule has 126 valence electrons. The van der Waals surface area contributed by atoms with Crippen molar-refractivity contribution < 1.29 is 9.53 Å². The molecule has 0 aliphatic carbocycles. The normalized spacial score (nSPS) is 12.2. The van der Waals surface area contributed by atoms with Crippen molar-refractivity contribution in [3.05, 3.63) is 66.5 Å². The van der Waals surface area contributed by atoms with Crippen LogP contribution in [0.3, 0.4) is 0 Å². The van der Waals surface area contributed by atoms with Crippen LogP contribution in [0.25, 0.3) is 11.1 Å². The number of carbonyl (C=O) groups is 1. The summed E-state index contributed by atoms with van der Waals surface area (Å²) in [4.78, 5) is 15.6. The molecule has 1 aromatic heterocycles. The smallest absolute Gasteiger partial charge is 0.330 e. The number of ether oxygens (including phenoxy) is 1. The van der Waals surface area contributed by atoms with Gasteiger partial charge in [-0.15, -0.1) is 11.6 Å². The van der Waals surface area contributed by atoms with Gasteiger partial charge >= 0.3 is 5.97 Å². The van der Waals surface area contributed by atoms with Gasteiger partial charge in [0, 0.05) is 30.3 Å². The maximum absolute atomic E-state index is 11.4. The quantitative estimate of drug-likeness (QED) is 0.294. The van der Waals surface area contributed by atoms with Crippen molar-refractivity contribution in [3.63, 3.8) is 0 Å². The summed E-state index contributed by atoms with van der Waals surface area (Å²) in [7, 11) is 1.39. The molecule has 0 N–H and O–H groups in total. The van der Waals surface area contributed by atoms with E-state index in [1.165, 1.54) is 18.7 Å². The first-order valence-electron chi connectivity index (χ1n) is 8.07. The van der Waals surface area contributed by atoms with E-state index in [2.05, 4.69) is 23.2 Å². The lowest BCUT2D eigenvalue weighted by atomic mass is 9.91. The third-order valence-corrected chi connectivity index (χ3v) is 4.14. The molecule has 4 heteroatoms. The van der Waals surface area contributed by atoms with Gasteiger partial charge in [-0.25, -0.2) is 4.79 Å². The maximum Gasteiger partial charge on any atom is 0.330 e. The molecule has 0 aliphatic heterocycles. The highest BCUT2D eigenvalue weighted by atomic mass is 35.5. The summed E-state index contributed by atoms with van der Waals surface area (Å²) >= 11 is 5.79. The highest BCUT2D eigenvalue weighted by molar-refractivity contribution is 6.17. The fraction of sp³-hybridized carbons (Fsp3) is 0.300. The van der Waals surface area contributed by atoms with E-state index >= 15 is 0 Å². The van der Waals surface area contributed by atoms with E-state index in [4.69, 9.17) is 16.3 Å². The maximum atomic E-state index is 11.4. The zero-order valence-corrected chi connectivity index (χ0v) is 14.6. The van der Waals surface area contributed by atoms with Crippen LogP contribution in [-0.2, 0) is 9.53 Å². The molecule has 2 aromatic rings. The van der Waals surface area contributed by atoms with E-state index < -0.39 is 0 Å². The molecule has 0 fully saturated rings. The lowest BCUT2D eigenvalue weighted by Gasteiger charge is -2.14. The van der Waals surface area contributed by atoms with Gasteiger partial charge in [-0.1, -0.05) is 42.8 Å². The number of rotatable bonds is 8. The predicted octanol–water partition coefficient (Wildman–Crippen LogP) is 4.97. The van der Waals surface area contributed by atoms with Crippen molar-refractivity contribution >= 4 is 17.6 Å². The highest BCUT2D eigenvalue weighted by Crippen LogP contribution is 2.28. The molecular weight excluding hydrogens is 322 g/mol. The Balaban J connectivity index is 2.24. The van der Waals surface area contributed by atoms with Crippen LogP contribution in [0.1, 0.15) is 30.7 Å². The average Bonchev–Trinajstić information content (AvgIpc) is 2.65. The molecule has 2 rings (SSSR count). The molecule has 1 atom stereocenters. The van der Waals surface area contributed by atoms with Crippen LogP contribution in [0.2, 0.25) is 0 Å². The number of hydrogen-bond donors (Lipinski definition) is 0. The fourth-order valence-electron chi connectivity index (χ4n) is 2.58. The lowest BCUT2D eigenvalue weighted by molar-refractivity contribution is -0.134. The van der Waals surface area contributed by atoms with E-state index in [1.54, 1.807) is 6.20 Å². The number of carbonyl (C=O) groups excluding carboxylic acids is 1. The zero-order chi connectivity index (χ0) is 17.2. The van der Waals surface area contributed by atoms with Gasteiger partial charge in [-0.2, -0.15) is 0 Å². The summed E-state index contributed by atoms with van der Waals surface area (Å²) < 4.78 is 4.70. The Labute approximate surface area is 148 Å². The molecule has 0 bridgehead atoms. The van der Waals surface area contributed by atoms with E-state index in [9.17, 15) is 4.79 Å². The largest absolute Gasteiger partial charge is 0.466 e. The molecule has 0 aliphatic rings. The van der Waals surface area contributed by atoms with Gasteiger partial charge in [0.05, 0.1) is 7.11 Å². The standard InChI is InChI=1S/C20H22ClNO2/c1-24-20(23)11-10-16(6-2-3-12-21)17-7-4-8-18(14-17)19-9-5-13-22-15-19/h4-5,7-11,13-16H,2-3,6,12H2,1H3. The van der Waals surface area contributed by atoms with Gasteiger partial charge < -0.3 is 4.74 Å². The van der Waals surface area contributed by atoms with Crippen LogP contribution in [0, 0.1) is 0 Å². The lowest BCUT2D eigenvalue weighted by Crippen LogP contribution is -2.00. The van der Waals surface area contributed by atoms with Crippen molar-refractivity contribution in [2.24, 2.45) is 0 Å². The molecule has 0 spiro atoms. The predicted molar refractivity (Wildman–Crippen MR) is 98.1 cm³/mol. The zero-order valence-electron chi connectivity index (χ0n) is 13.8. The molecule has 1 aromatic carbocycles. The third-order valence-electron chi connectivity index (χ3n) is 3.87. The number of benzene rings is 1. The monoisotopic (exact) mass is 343 g/mol.